The minimum atomic E-state index is -0.0393. The quantitative estimate of drug-likeness (QED) is 0.872. The van der Waals surface area contributed by atoms with Crippen molar-refractivity contribution in [2.45, 2.75) is 24.7 Å². The number of benzene rings is 1. The van der Waals surface area contributed by atoms with Crippen molar-refractivity contribution < 1.29 is 4.42 Å². The van der Waals surface area contributed by atoms with Crippen LogP contribution in [0, 0.1) is 0 Å². The molecule has 2 aromatic rings. The Morgan fingerprint density at radius 3 is 2.81 bits per heavy atom. The van der Waals surface area contributed by atoms with E-state index in [0.717, 1.165) is 24.2 Å². The van der Waals surface area contributed by atoms with Crippen LogP contribution in [0.25, 0.3) is 11.1 Å². The number of para-hydroxylation sites is 1. The molecular weight excluding hydrogens is 224 g/mol. The van der Waals surface area contributed by atoms with Gasteiger partial charge in [0.05, 0.1) is 10.4 Å². The summed E-state index contributed by atoms with van der Waals surface area (Å²) in [4.78, 5) is 4.51. The molecule has 1 heterocycles. The van der Waals surface area contributed by atoms with Gasteiger partial charge in [0.25, 0.3) is 0 Å². The standard InChI is InChI=1S/C12H13ClN2O/c13-8-3-1-4-9-10(8)16-11(15-9)12(7-14)5-2-6-12/h1,3-4H,2,5-7,14H2. The molecule has 0 saturated heterocycles. The lowest BCUT2D eigenvalue weighted by Gasteiger charge is -2.37. The van der Waals surface area contributed by atoms with Gasteiger partial charge in [-0.15, -0.1) is 0 Å². The predicted molar refractivity (Wildman–Crippen MR) is 63.6 cm³/mol. The highest BCUT2D eigenvalue weighted by Crippen LogP contribution is 2.43. The SMILES string of the molecule is NCC1(c2nc3cccc(Cl)c3o2)CCC1. The van der Waals surface area contributed by atoms with Crippen LogP contribution in [0.5, 0.6) is 0 Å². The number of nitrogens with zero attached hydrogens (tertiary/aromatic N) is 1. The summed E-state index contributed by atoms with van der Waals surface area (Å²) in [5.74, 6) is 0.754. The van der Waals surface area contributed by atoms with Crippen molar-refractivity contribution in [1.82, 2.24) is 4.98 Å². The third-order valence-corrected chi connectivity index (χ3v) is 3.82. The van der Waals surface area contributed by atoms with Crippen molar-refractivity contribution in [3.63, 3.8) is 0 Å². The van der Waals surface area contributed by atoms with E-state index >= 15 is 0 Å². The van der Waals surface area contributed by atoms with Gasteiger partial charge >= 0.3 is 0 Å². The number of rotatable bonds is 2. The summed E-state index contributed by atoms with van der Waals surface area (Å²) in [7, 11) is 0. The first-order chi connectivity index (χ1) is 7.75. The number of fused-ring (bicyclic) bond motifs is 1. The third kappa shape index (κ3) is 1.28. The fourth-order valence-corrected chi connectivity index (χ4v) is 2.46. The van der Waals surface area contributed by atoms with Gasteiger partial charge in [-0.25, -0.2) is 4.98 Å². The normalized spacial score (nSPS) is 18.6. The van der Waals surface area contributed by atoms with Gasteiger partial charge in [0.2, 0.25) is 5.89 Å². The summed E-state index contributed by atoms with van der Waals surface area (Å²) >= 11 is 6.06. The number of hydrogen-bond acceptors (Lipinski definition) is 3. The van der Waals surface area contributed by atoms with Crippen LogP contribution in [-0.4, -0.2) is 11.5 Å². The summed E-state index contributed by atoms with van der Waals surface area (Å²) < 4.78 is 5.77. The molecule has 1 saturated carbocycles. The summed E-state index contributed by atoms with van der Waals surface area (Å²) in [6, 6.07) is 5.61. The number of aromatic nitrogens is 1. The number of nitrogens with two attached hydrogens (primary N) is 1. The van der Waals surface area contributed by atoms with E-state index in [1.54, 1.807) is 0 Å². The Balaban J connectivity index is 2.15. The molecule has 1 aromatic carbocycles. The van der Waals surface area contributed by atoms with Crippen LogP contribution in [-0.2, 0) is 5.41 Å². The van der Waals surface area contributed by atoms with E-state index in [1.165, 1.54) is 6.42 Å². The second kappa shape index (κ2) is 3.47. The van der Waals surface area contributed by atoms with Crippen molar-refractivity contribution in [3.05, 3.63) is 29.1 Å². The molecule has 16 heavy (non-hydrogen) atoms. The van der Waals surface area contributed by atoms with E-state index in [0.29, 0.717) is 17.2 Å². The molecule has 0 atom stereocenters. The highest BCUT2D eigenvalue weighted by molar-refractivity contribution is 6.34. The number of hydrogen-bond donors (Lipinski definition) is 1. The summed E-state index contributed by atoms with van der Waals surface area (Å²) in [6.45, 7) is 0.595. The van der Waals surface area contributed by atoms with E-state index in [-0.39, 0.29) is 5.41 Å². The maximum absolute atomic E-state index is 6.06. The molecule has 3 rings (SSSR count). The molecular formula is C12H13ClN2O. The largest absolute Gasteiger partial charge is 0.438 e. The molecule has 1 aromatic heterocycles. The lowest BCUT2D eigenvalue weighted by atomic mass is 9.69. The second-order valence-electron chi connectivity index (χ2n) is 4.45. The zero-order valence-corrected chi connectivity index (χ0v) is 9.63. The molecule has 1 aliphatic carbocycles. The average Bonchev–Trinajstić information content (AvgIpc) is 2.62. The molecule has 0 bridgehead atoms. The molecule has 4 heteroatoms. The lowest BCUT2D eigenvalue weighted by molar-refractivity contribution is 0.203. The maximum Gasteiger partial charge on any atom is 0.203 e. The van der Waals surface area contributed by atoms with E-state index in [2.05, 4.69) is 4.98 Å². The molecule has 1 fully saturated rings. The van der Waals surface area contributed by atoms with Gasteiger partial charge in [-0.2, -0.15) is 0 Å². The number of oxazole rings is 1. The Kier molecular flexibility index (Phi) is 2.19. The van der Waals surface area contributed by atoms with Crippen molar-refractivity contribution >= 4 is 22.7 Å². The van der Waals surface area contributed by atoms with Crippen LogP contribution < -0.4 is 5.73 Å². The van der Waals surface area contributed by atoms with Gasteiger partial charge in [0, 0.05) is 6.54 Å². The van der Waals surface area contributed by atoms with Gasteiger partial charge in [0.1, 0.15) is 5.52 Å². The first-order valence-electron chi connectivity index (χ1n) is 5.51. The van der Waals surface area contributed by atoms with Crippen LogP contribution in [0.3, 0.4) is 0 Å². The van der Waals surface area contributed by atoms with Crippen molar-refractivity contribution in [2.24, 2.45) is 5.73 Å². The lowest BCUT2D eigenvalue weighted by Crippen LogP contribution is -2.41. The third-order valence-electron chi connectivity index (χ3n) is 3.52. The number of halogens is 1. The highest BCUT2D eigenvalue weighted by atomic mass is 35.5. The van der Waals surface area contributed by atoms with Gasteiger partial charge in [-0.3, -0.25) is 0 Å². The topological polar surface area (TPSA) is 52.0 Å². The van der Waals surface area contributed by atoms with Crippen LogP contribution >= 0.6 is 11.6 Å². The Hall–Kier alpha value is -1.06. The Bertz CT molecular complexity index is 525. The average molecular weight is 237 g/mol. The molecule has 84 valence electrons. The van der Waals surface area contributed by atoms with E-state index in [4.69, 9.17) is 21.8 Å². The summed E-state index contributed by atoms with van der Waals surface area (Å²) in [6.07, 6.45) is 3.32. The Morgan fingerprint density at radius 2 is 2.25 bits per heavy atom. The molecule has 0 radical (unpaired) electrons. The molecule has 0 aliphatic heterocycles. The van der Waals surface area contributed by atoms with Crippen LogP contribution in [0.15, 0.2) is 22.6 Å². The fraction of sp³-hybridized carbons (Fsp3) is 0.417. The van der Waals surface area contributed by atoms with E-state index < -0.39 is 0 Å². The zero-order valence-electron chi connectivity index (χ0n) is 8.87. The summed E-state index contributed by atoms with van der Waals surface area (Å²) in [5, 5.41) is 0.614. The summed E-state index contributed by atoms with van der Waals surface area (Å²) in [5.41, 5.74) is 7.29. The minimum absolute atomic E-state index is 0.0393. The van der Waals surface area contributed by atoms with Crippen LogP contribution in [0.2, 0.25) is 5.02 Å². The minimum Gasteiger partial charge on any atom is -0.438 e. The van der Waals surface area contributed by atoms with Crippen molar-refractivity contribution in [2.75, 3.05) is 6.54 Å². The molecule has 3 nitrogen and oxygen atoms in total. The van der Waals surface area contributed by atoms with Gasteiger partial charge in [-0.05, 0) is 25.0 Å². The Morgan fingerprint density at radius 1 is 1.44 bits per heavy atom. The zero-order chi connectivity index (χ0) is 11.2. The van der Waals surface area contributed by atoms with Crippen LogP contribution in [0.1, 0.15) is 25.2 Å². The van der Waals surface area contributed by atoms with Crippen LogP contribution in [0.4, 0.5) is 0 Å². The van der Waals surface area contributed by atoms with Gasteiger partial charge < -0.3 is 10.2 Å². The monoisotopic (exact) mass is 236 g/mol. The molecule has 0 spiro atoms. The molecule has 0 unspecified atom stereocenters. The first kappa shape index (κ1) is 10.1. The molecule has 1 aliphatic rings. The maximum atomic E-state index is 6.06. The highest BCUT2D eigenvalue weighted by Gasteiger charge is 2.42. The van der Waals surface area contributed by atoms with Gasteiger partial charge in [-0.1, -0.05) is 24.1 Å². The predicted octanol–water partition coefficient (Wildman–Crippen LogP) is 2.86. The smallest absolute Gasteiger partial charge is 0.203 e. The van der Waals surface area contributed by atoms with Gasteiger partial charge in [0.15, 0.2) is 5.58 Å². The van der Waals surface area contributed by atoms with Crippen molar-refractivity contribution in [3.8, 4) is 0 Å². The van der Waals surface area contributed by atoms with E-state index in [1.807, 2.05) is 18.2 Å². The Labute approximate surface area is 98.6 Å². The first-order valence-corrected chi connectivity index (χ1v) is 5.89. The van der Waals surface area contributed by atoms with E-state index in [9.17, 15) is 0 Å². The fourth-order valence-electron chi connectivity index (χ4n) is 2.25. The second-order valence-corrected chi connectivity index (χ2v) is 4.85. The van der Waals surface area contributed by atoms with Crippen molar-refractivity contribution in [1.29, 1.82) is 0 Å². The molecule has 2 N–H and O–H groups in total. The molecule has 0 amide bonds.